The van der Waals surface area contributed by atoms with Crippen LogP contribution in [0.25, 0.3) is 0 Å². The number of nitrogens with one attached hydrogen (secondary N) is 2. The van der Waals surface area contributed by atoms with Crippen molar-refractivity contribution in [1.29, 1.82) is 0 Å². The molecule has 3 amide bonds. The van der Waals surface area contributed by atoms with Gasteiger partial charge in [0.25, 0.3) is 0 Å². The van der Waals surface area contributed by atoms with E-state index in [0.717, 1.165) is 31.2 Å². The van der Waals surface area contributed by atoms with Gasteiger partial charge in [-0.25, -0.2) is 0 Å². The highest BCUT2D eigenvalue weighted by Gasteiger charge is 2.29. The molecular weight excluding hydrogens is 370 g/mol. The Balaban J connectivity index is 1.53. The molecule has 2 aromatic rings. The maximum Gasteiger partial charge on any atom is 0.243 e. The number of hydrogen-bond donors (Lipinski definition) is 2. The summed E-state index contributed by atoms with van der Waals surface area (Å²) in [4.78, 5) is 38.8. The highest BCUT2D eigenvalue weighted by atomic mass is 16.3. The molecule has 0 unspecified atom stereocenters. The zero-order chi connectivity index (χ0) is 20.6. The Labute approximate surface area is 170 Å². The first-order valence-electron chi connectivity index (χ1n) is 9.95. The van der Waals surface area contributed by atoms with Crippen LogP contribution >= 0.6 is 0 Å². The molecule has 1 aromatic heterocycles. The molecule has 7 nitrogen and oxygen atoms in total. The van der Waals surface area contributed by atoms with Gasteiger partial charge in [0.15, 0.2) is 0 Å². The Morgan fingerprint density at radius 2 is 1.90 bits per heavy atom. The molecule has 0 spiro atoms. The standard InChI is InChI=1S/C22H27N3O4/c1-16-6-4-9-18(12-16)24-20(26)13-23-21(27)15-25(14-19-10-5-11-29-19)22(28)17-7-2-3-8-17/h4-6,9-12,17H,2-3,7-8,13-15H2,1H3,(H,23,27)(H,24,26). The average Bonchev–Trinajstić information content (AvgIpc) is 3.39. The minimum atomic E-state index is -0.373. The van der Waals surface area contributed by atoms with Crippen LogP contribution in [0.2, 0.25) is 0 Å². The van der Waals surface area contributed by atoms with Gasteiger partial charge in [-0.2, -0.15) is 0 Å². The first kappa shape index (κ1) is 20.6. The van der Waals surface area contributed by atoms with Crippen molar-refractivity contribution in [3.8, 4) is 0 Å². The number of aryl methyl sites for hydroxylation is 1. The number of amides is 3. The van der Waals surface area contributed by atoms with Crippen LogP contribution in [0, 0.1) is 12.8 Å². The van der Waals surface area contributed by atoms with Crippen molar-refractivity contribution < 1.29 is 18.8 Å². The number of anilines is 1. The third-order valence-corrected chi connectivity index (χ3v) is 5.03. The summed E-state index contributed by atoms with van der Waals surface area (Å²) in [6, 6.07) is 11.0. The van der Waals surface area contributed by atoms with Crippen LogP contribution in [0.15, 0.2) is 47.1 Å². The van der Waals surface area contributed by atoms with Crippen molar-refractivity contribution in [2.45, 2.75) is 39.2 Å². The lowest BCUT2D eigenvalue weighted by atomic mass is 10.1. The molecule has 2 N–H and O–H groups in total. The summed E-state index contributed by atoms with van der Waals surface area (Å²) in [5.74, 6) is -0.132. The van der Waals surface area contributed by atoms with Crippen molar-refractivity contribution >= 4 is 23.4 Å². The smallest absolute Gasteiger partial charge is 0.243 e. The zero-order valence-electron chi connectivity index (χ0n) is 16.6. The molecule has 0 aliphatic heterocycles. The first-order chi connectivity index (χ1) is 14.0. The van der Waals surface area contributed by atoms with Gasteiger partial charge in [-0.1, -0.05) is 25.0 Å². The van der Waals surface area contributed by atoms with Gasteiger partial charge in [0.2, 0.25) is 17.7 Å². The van der Waals surface area contributed by atoms with Crippen LogP contribution in [0.3, 0.4) is 0 Å². The molecule has 1 fully saturated rings. The van der Waals surface area contributed by atoms with E-state index in [0.29, 0.717) is 11.4 Å². The van der Waals surface area contributed by atoms with Crippen LogP contribution in [0.4, 0.5) is 5.69 Å². The van der Waals surface area contributed by atoms with E-state index in [4.69, 9.17) is 4.42 Å². The lowest BCUT2D eigenvalue weighted by Crippen LogP contribution is -2.44. The van der Waals surface area contributed by atoms with Gasteiger partial charge >= 0.3 is 0 Å². The number of nitrogens with zero attached hydrogens (tertiary/aromatic N) is 1. The van der Waals surface area contributed by atoms with Crippen LogP contribution < -0.4 is 10.6 Å². The predicted molar refractivity (Wildman–Crippen MR) is 109 cm³/mol. The molecule has 154 valence electrons. The van der Waals surface area contributed by atoms with E-state index in [2.05, 4.69) is 10.6 Å². The van der Waals surface area contributed by atoms with Crippen LogP contribution in [0.5, 0.6) is 0 Å². The Morgan fingerprint density at radius 3 is 2.59 bits per heavy atom. The zero-order valence-corrected chi connectivity index (χ0v) is 16.6. The SMILES string of the molecule is Cc1cccc(NC(=O)CNC(=O)CN(Cc2ccco2)C(=O)C2CCCC2)c1. The summed E-state index contributed by atoms with van der Waals surface area (Å²) in [6.07, 6.45) is 5.33. The highest BCUT2D eigenvalue weighted by molar-refractivity contribution is 5.95. The molecule has 29 heavy (non-hydrogen) atoms. The number of hydrogen-bond acceptors (Lipinski definition) is 4. The second-order valence-electron chi connectivity index (χ2n) is 7.45. The average molecular weight is 397 g/mol. The molecule has 0 atom stereocenters. The van der Waals surface area contributed by atoms with E-state index in [9.17, 15) is 14.4 Å². The topological polar surface area (TPSA) is 91.7 Å². The summed E-state index contributed by atoms with van der Waals surface area (Å²) < 4.78 is 5.34. The fourth-order valence-electron chi connectivity index (χ4n) is 3.57. The second kappa shape index (κ2) is 9.91. The van der Waals surface area contributed by atoms with E-state index >= 15 is 0 Å². The number of carbonyl (C=O) groups excluding carboxylic acids is 3. The summed E-state index contributed by atoms with van der Waals surface area (Å²) in [6.45, 7) is 1.92. The molecule has 0 saturated heterocycles. The molecular formula is C22H27N3O4. The second-order valence-corrected chi connectivity index (χ2v) is 7.45. The van der Waals surface area contributed by atoms with Gasteiger partial charge < -0.3 is 20.0 Å². The van der Waals surface area contributed by atoms with Gasteiger partial charge in [-0.15, -0.1) is 0 Å². The Bertz CT molecular complexity index is 842. The van der Waals surface area contributed by atoms with E-state index in [1.807, 2.05) is 25.1 Å². The Morgan fingerprint density at radius 1 is 1.10 bits per heavy atom. The quantitative estimate of drug-likeness (QED) is 0.716. The van der Waals surface area contributed by atoms with Crippen molar-refractivity contribution in [3.63, 3.8) is 0 Å². The molecule has 0 radical (unpaired) electrons. The van der Waals surface area contributed by atoms with Crippen LogP contribution in [-0.4, -0.2) is 35.7 Å². The monoisotopic (exact) mass is 397 g/mol. The molecule has 1 aromatic carbocycles. The van der Waals surface area contributed by atoms with Crippen molar-refractivity contribution in [1.82, 2.24) is 10.2 Å². The van der Waals surface area contributed by atoms with Crippen molar-refractivity contribution in [3.05, 3.63) is 54.0 Å². The lowest BCUT2D eigenvalue weighted by molar-refractivity contribution is -0.140. The minimum Gasteiger partial charge on any atom is -0.467 e. The van der Waals surface area contributed by atoms with Gasteiger partial charge in [0.05, 0.1) is 19.4 Å². The Hall–Kier alpha value is -3.09. The maximum atomic E-state index is 12.8. The van der Waals surface area contributed by atoms with Gasteiger partial charge in [0.1, 0.15) is 12.3 Å². The molecule has 1 aliphatic carbocycles. The number of rotatable bonds is 8. The highest BCUT2D eigenvalue weighted by Crippen LogP contribution is 2.27. The van der Waals surface area contributed by atoms with Crippen LogP contribution in [0.1, 0.15) is 37.0 Å². The molecule has 0 bridgehead atoms. The normalized spacial score (nSPS) is 13.8. The van der Waals surface area contributed by atoms with E-state index < -0.39 is 0 Å². The third-order valence-electron chi connectivity index (χ3n) is 5.03. The van der Waals surface area contributed by atoms with Crippen LogP contribution in [-0.2, 0) is 20.9 Å². The van der Waals surface area contributed by atoms with Gasteiger partial charge in [-0.3, -0.25) is 14.4 Å². The number of benzene rings is 1. The number of furan rings is 1. The maximum absolute atomic E-state index is 12.8. The summed E-state index contributed by atoms with van der Waals surface area (Å²) in [5.41, 5.74) is 1.71. The molecule has 1 heterocycles. The van der Waals surface area contributed by atoms with E-state index in [1.54, 1.807) is 24.5 Å². The van der Waals surface area contributed by atoms with Gasteiger partial charge in [-0.05, 0) is 49.6 Å². The van der Waals surface area contributed by atoms with E-state index in [1.165, 1.54) is 4.90 Å². The first-order valence-corrected chi connectivity index (χ1v) is 9.95. The largest absolute Gasteiger partial charge is 0.467 e. The fraction of sp³-hybridized carbons (Fsp3) is 0.409. The summed E-state index contributed by atoms with van der Waals surface area (Å²) >= 11 is 0. The number of carbonyl (C=O) groups is 3. The molecule has 1 aliphatic rings. The predicted octanol–water partition coefficient (Wildman–Crippen LogP) is 2.86. The van der Waals surface area contributed by atoms with E-state index in [-0.39, 0.29) is 43.3 Å². The van der Waals surface area contributed by atoms with Crippen molar-refractivity contribution in [2.75, 3.05) is 18.4 Å². The van der Waals surface area contributed by atoms with Gasteiger partial charge in [0, 0.05) is 11.6 Å². The van der Waals surface area contributed by atoms with Crippen molar-refractivity contribution in [2.24, 2.45) is 5.92 Å². The molecule has 1 saturated carbocycles. The molecule has 3 rings (SSSR count). The third kappa shape index (κ3) is 6.20. The molecule has 7 heteroatoms. The summed E-state index contributed by atoms with van der Waals surface area (Å²) in [7, 11) is 0. The fourth-order valence-corrected chi connectivity index (χ4v) is 3.57. The Kier molecular flexibility index (Phi) is 7.05. The lowest BCUT2D eigenvalue weighted by Gasteiger charge is -2.24. The summed E-state index contributed by atoms with van der Waals surface area (Å²) in [5, 5.41) is 5.34. The minimum absolute atomic E-state index is 0.0294.